The molecule has 0 aromatic heterocycles. The molecule has 2 aromatic carbocycles. The van der Waals surface area contributed by atoms with Gasteiger partial charge >= 0.3 is 12.1 Å². The topological polar surface area (TPSA) is 95.9 Å². The van der Waals surface area contributed by atoms with E-state index in [2.05, 4.69) is 29.6 Å². The van der Waals surface area contributed by atoms with Crippen LogP contribution in [0.4, 0.5) is 4.79 Å². The smallest absolute Gasteiger partial charge is 0.407 e. The first-order valence-electron chi connectivity index (χ1n) is 12.3. The maximum atomic E-state index is 13.0. The van der Waals surface area contributed by atoms with Crippen molar-refractivity contribution in [3.63, 3.8) is 0 Å². The Hall–Kier alpha value is -3.35. The fourth-order valence-electron chi connectivity index (χ4n) is 5.37. The van der Waals surface area contributed by atoms with Gasteiger partial charge in [0, 0.05) is 24.9 Å². The maximum Gasteiger partial charge on any atom is 0.407 e. The second-order valence-corrected chi connectivity index (χ2v) is 10.7. The zero-order chi connectivity index (χ0) is 25.2. The normalized spacial score (nSPS) is 18.0. The van der Waals surface area contributed by atoms with Crippen molar-refractivity contribution in [2.45, 2.75) is 64.5 Å². The third-order valence-corrected chi connectivity index (χ3v) is 6.80. The van der Waals surface area contributed by atoms with Crippen LogP contribution in [0, 0.1) is 5.41 Å². The number of ether oxygens (including phenoxy) is 1. The molecule has 1 saturated heterocycles. The predicted octanol–water partition coefficient (Wildman–Crippen LogP) is 4.80. The molecule has 4 rings (SSSR count). The van der Waals surface area contributed by atoms with Gasteiger partial charge in [-0.25, -0.2) is 9.59 Å². The lowest BCUT2D eigenvalue weighted by molar-refractivity contribution is -0.148. The van der Waals surface area contributed by atoms with Crippen molar-refractivity contribution in [2.24, 2.45) is 5.41 Å². The van der Waals surface area contributed by atoms with Crippen molar-refractivity contribution in [1.82, 2.24) is 10.2 Å². The number of fused-ring (bicyclic) bond motifs is 3. The second-order valence-electron chi connectivity index (χ2n) is 10.7. The summed E-state index contributed by atoms with van der Waals surface area (Å²) in [6.45, 7) is 6.76. The molecule has 0 radical (unpaired) electrons. The van der Waals surface area contributed by atoms with Crippen molar-refractivity contribution >= 4 is 18.0 Å². The number of rotatable bonds is 7. The average molecular weight is 479 g/mol. The van der Waals surface area contributed by atoms with Gasteiger partial charge in [0.2, 0.25) is 5.91 Å². The average Bonchev–Trinajstić information content (AvgIpc) is 3.40. The molecule has 1 heterocycles. The monoisotopic (exact) mass is 478 g/mol. The lowest BCUT2D eigenvalue weighted by Crippen LogP contribution is -2.45. The summed E-state index contributed by atoms with van der Waals surface area (Å²) in [5, 5.41) is 12.3. The predicted molar refractivity (Wildman–Crippen MR) is 133 cm³/mol. The minimum absolute atomic E-state index is 0.0447. The third kappa shape index (κ3) is 5.66. The van der Waals surface area contributed by atoms with Crippen LogP contribution >= 0.6 is 0 Å². The Labute approximate surface area is 206 Å². The highest BCUT2D eigenvalue weighted by Crippen LogP contribution is 2.44. The summed E-state index contributed by atoms with van der Waals surface area (Å²) < 4.78 is 5.68. The summed E-state index contributed by atoms with van der Waals surface area (Å²) in [7, 11) is 0. The van der Waals surface area contributed by atoms with Crippen molar-refractivity contribution in [3.05, 3.63) is 59.7 Å². The number of aliphatic carboxylic acids is 1. The molecule has 7 heteroatoms. The van der Waals surface area contributed by atoms with Crippen LogP contribution in [0.3, 0.4) is 0 Å². The van der Waals surface area contributed by atoms with Gasteiger partial charge in [0.15, 0.2) is 0 Å². The van der Waals surface area contributed by atoms with Crippen LogP contribution in [0.5, 0.6) is 0 Å². The minimum Gasteiger partial charge on any atom is -0.480 e. The van der Waals surface area contributed by atoms with Gasteiger partial charge < -0.3 is 20.1 Å². The Morgan fingerprint density at radius 1 is 1.06 bits per heavy atom. The van der Waals surface area contributed by atoms with E-state index in [1.165, 1.54) is 4.90 Å². The number of nitrogens with zero attached hydrogens (tertiary/aromatic N) is 1. The summed E-state index contributed by atoms with van der Waals surface area (Å²) in [6, 6.07) is 15.1. The van der Waals surface area contributed by atoms with Crippen LogP contribution in [-0.4, -0.2) is 53.2 Å². The lowest BCUT2D eigenvalue weighted by atomic mass is 9.87. The van der Waals surface area contributed by atoms with Gasteiger partial charge in [-0.1, -0.05) is 69.3 Å². The largest absolute Gasteiger partial charge is 0.480 e. The summed E-state index contributed by atoms with van der Waals surface area (Å²) in [6.07, 6.45) is 1.18. The van der Waals surface area contributed by atoms with Gasteiger partial charge in [0.25, 0.3) is 0 Å². The van der Waals surface area contributed by atoms with Crippen LogP contribution in [0.15, 0.2) is 48.5 Å². The molecule has 1 fully saturated rings. The molecule has 7 nitrogen and oxygen atoms in total. The Balaban J connectivity index is 1.41. The number of carbonyl (C=O) groups is 3. The number of alkyl carbamates (subject to hydrolysis) is 1. The van der Waals surface area contributed by atoms with E-state index in [-0.39, 0.29) is 30.3 Å². The van der Waals surface area contributed by atoms with Gasteiger partial charge in [-0.3, -0.25) is 4.79 Å². The Morgan fingerprint density at radius 2 is 1.66 bits per heavy atom. The summed E-state index contributed by atoms with van der Waals surface area (Å²) >= 11 is 0. The summed E-state index contributed by atoms with van der Waals surface area (Å²) in [5.41, 5.74) is 4.45. The van der Waals surface area contributed by atoms with Crippen molar-refractivity contribution < 1.29 is 24.2 Å². The highest BCUT2D eigenvalue weighted by atomic mass is 16.5. The van der Waals surface area contributed by atoms with Gasteiger partial charge in [-0.15, -0.1) is 0 Å². The molecule has 0 bridgehead atoms. The Kier molecular flexibility index (Phi) is 7.15. The van der Waals surface area contributed by atoms with Gasteiger partial charge in [0.1, 0.15) is 12.6 Å². The molecule has 1 aliphatic carbocycles. The van der Waals surface area contributed by atoms with E-state index >= 15 is 0 Å². The van der Waals surface area contributed by atoms with Crippen LogP contribution in [0.1, 0.15) is 63.5 Å². The van der Waals surface area contributed by atoms with Gasteiger partial charge in [-0.05, 0) is 46.9 Å². The lowest BCUT2D eigenvalue weighted by Gasteiger charge is -2.29. The number of nitrogens with one attached hydrogen (secondary N) is 1. The second kappa shape index (κ2) is 10.1. The maximum absolute atomic E-state index is 13.0. The number of likely N-dealkylation sites (tertiary alicyclic amines) is 1. The van der Waals surface area contributed by atoms with Crippen molar-refractivity contribution in [1.29, 1.82) is 0 Å². The highest BCUT2D eigenvalue weighted by molar-refractivity contribution is 5.85. The number of carboxylic acid groups (broad SMARTS) is 1. The molecule has 35 heavy (non-hydrogen) atoms. The van der Waals surface area contributed by atoms with Crippen LogP contribution in [0.2, 0.25) is 0 Å². The van der Waals surface area contributed by atoms with Crippen LogP contribution in [-0.2, 0) is 14.3 Å². The molecule has 2 unspecified atom stereocenters. The van der Waals surface area contributed by atoms with E-state index in [0.29, 0.717) is 25.8 Å². The summed E-state index contributed by atoms with van der Waals surface area (Å²) in [4.78, 5) is 38.7. The highest BCUT2D eigenvalue weighted by Gasteiger charge is 2.36. The van der Waals surface area contributed by atoms with E-state index in [1.807, 2.05) is 45.0 Å². The Morgan fingerprint density at radius 3 is 2.23 bits per heavy atom. The number of carboxylic acids is 1. The first-order valence-corrected chi connectivity index (χ1v) is 12.3. The SMILES string of the molecule is CC(C)(C)CC(CC(=O)N1CCCC1C(=O)O)NC(=O)OCC1c2ccccc2-c2ccccc21. The molecule has 2 amide bonds. The Bertz CT molecular complexity index is 1060. The number of hydrogen-bond donors (Lipinski definition) is 2. The molecule has 2 atom stereocenters. The van der Waals surface area contributed by atoms with E-state index in [1.54, 1.807) is 0 Å². The molecule has 0 spiro atoms. The zero-order valence-electron chi connectivity index (χ0n) is 20.6. The van der Waals surface area contributed by atoms with Crippen LogP contribution < -0.4 is 5.32 Å². The van der Waals surface area contributed by atoms with E-state index in [4.69, 9.17) is 4.74 Å². The minimum atomic E-state index is -0.979. The first kappa shape index (κ1) is 24.8. The molecular weight excluding hydrogens is 444 g/mol. The quantitative estimate of drug-likeness (QED) is 0.596. The van der Waals surface area contributed by atoms with E-state index in [9.17, 15) is 19.5 Å². The first-order chi connectivity index (χ1) is 16.6. The number of amides is 2. The van der Waals surface area contributed by atoms with E-state index < -0.39 is 24.1 Å². The van der Waals surface area contributed by atoms with Gasteiger partial charge in [0.05, 0.1) is 0 Å². The standard InChI is InChI=1S/C28H34N2O5/c1-28(2,3)16-18(15-25(31)30-14-8-13-24(30)26(32)33)29-27(34)35-17-23-21-11-6-4-9-19(21)20-10-5-7-12-22(20)23/h4-7,9-12,18,23-24H,8,13-17H2,1-3H3,(H,29,34)(H,32,33). The number of hydrogen-bond acceptors (Lipinski definition) is 4. The zero-order valence-corrected chi connectivity index (χ0v) is 20.6. The molecule has 1 aliphatic heterocycles. The molecule has 2 aromatic rings. The fourth-order valence-corrected chi connectivity index (χ4v) is 5.37. The van der Waals surface area contributed by atoms with E-state index in [0.717, 1.165) is 22.3 Å². The van der Waals surface area contributed by atoms with Crippen molar-refractivity contribution in [3.8, 4) is 11.1 Å². The number of benzene rings is 2. The van der Waals surface area contributed by atoms with Crippen molar-refractivity contribution in [2.75, 3.05) is 13.2 Å². The molecule has 0 saturated carbocycles. The van der Waals surface area contributed by atoms with Gasteiger partial charge in [-0.2, -0.15) is 0 Å². The molecule has 2 aliphatic rings. The molecule has 2 N–H and O–H groups in total. The summed E-state index contributed by atoms with van der Waals surface area (Å²) in [5.74, 6) is -1.27. The molecular formula is C28H34N2O5. The number of carbonyl (C=O) groups excluding carboxylic acids is 2. The third-order valence-electron chi connectivity index (χ3n) is 6.80. The fraction of sp³-hybridized carbons (Fsp3) is 0.464. The van der Waals surface area contributed by atoms with Crippen LogP contribution in [0.25, 0.3) is 11.1 Å². The molecule has 186 valence electrons.